The van der Waals surface area contributed by atoms with E-state index in [1.165, 1.54) is 38.5 Å². The van der Waals surface area contributed by atoms with Gasteiger partial charge in [-0.2, -0.15) is 0 Å². The van der Waals surface area contributed by atoms with Crippen LogP contribution in [0.1, 0.15) is 65.2 Å². The molecule has 126 valence electrons. The molecule has 0 bridgehead atoms. The number of nitrogens with one attached hydrogen (secondary N) is 1. The lowest BCUT2D eigenvalue weighted by atomic mass is 9.85. The van der Waals surface area contributed by atoms with Gasteiger partial charge < -0.3 is 15.3 Å². The van der Waals surface area contributed by atoms with Crippen LogP contribution < -0.4 is 5.32 Å². The molecule has 1 saturated heterocycles. The Balaban J connectivity index is 1.71. The van der Waals surface area contributed by atoms with Crippen LogP contribution in [0.15, 0.2) is 0 Å². The second-order valence-electron chi connectivity index (χ2n) is 7.47. The van der Waals surface area contributed by atoms with Gasteiger partial charge in [0.2, 0.25) is 0 Å². The monoisotopic (exact) mass is 310 g/mol. The summed E-state index contributed by atoms with van der Waals surface area (Å²) in [6.45, 7) is 4.61. The number of urea groups is 1. The van der Waals surface area contributed by atoms with Crippen LogP contribution in [-0.2, 0) is 4.79 Å². The van der Waals surface area contributed by atoms with Gasteiger partial charge in [0.1, 0.15) is 0 Å². The van der Waals surface area contributed by atoms with E-state index >= 15 is 0 Å². The summed E-state index contributed by atoms with van der Waals surface area (Å²) in [4.78, 5) is 25.1. The first-order valence-electron chi connectivity index (χ1n) is 8.69. The summed E-state index contributed by atoms with van der Waals surface area (Å²) in [7, 11) is 0. The van der Waals surface area contributed by atoms with E-state index in [1.807, 2.05) is 6.92 Å². The first-order valence-corrected chi connectivity index (χ1v) is 8.69. The van der Waals surface area contributed by atoms with Crippen LogP contribution in [0.5, 0.6) is 0 Å². The lowest BCUT2D eigenvalue weighted by Crippen LogP contribution is -2.44. The van der Waals surface area contributed by atoms with E-state index in [1.54, 1.807) is 11.8 Å². The van der Waals surface area contributed by atoms with E-state index in [4.69, 9.17) is 0 Å². The molecule has 1 aliphatic heterocycles. The molecule has 0 radical (unpaired) electrons. The number of aliphatic carboxylic acids is 1. The third kappa shape index (κ3) is 4.37. The Hall–Kier alpha value is -1.26. The highest BCUT2D eigenvalue weighted by atomic mass is 16.4. The molecule has 22 heavy (non-hydrogen) atoms. The summed E-state index contributed by atoms with van der Waals surface area (Å²) in [6.07, 6.45) is 9.49. The predicted molar refractivity (Wildman–Crippen MR) is 85.7 cm³/mol. The molecule has 2 fully saturated rings. The first kappa shape index (κ1) is 17.1. The summed E-state index contributed by atoms with van der Waals surface area (Å²) < 4.78 is 0. The van der Waals surface area contributed by atoms with Crippen molar-refractivity contribution in [2.45, 2.75) is 71.3 Å². The van der Waals surface area contributed by atoms with Gasteiger partial charge in [0.05, 0.1) is 5.41 Å². The normalized spacial score (nSPS) is 27.6. The Bertz CT molecular complexity index is 407. The van der Waals surface area contributed by atoms with E-state index in [2.05, 4.69) is 5.32 Å². The van der Waals surface area contributed by atoms with Gasteiger partial charge in [-0.3, -0.25) is 4.79 Å². The number of carbonyl (C=O) groups is 2. The van der Waals surface area contributed by atoms with Crippen molar-refractivity contribution in [3.8, 4) is 0 Å². The van der Waals surface area contributed by atoms with Crippen LogP contribution in [0.2, 0.25) is 0 Å². The average Bonchev–Trinajstić information content (AvgIpc) is 2.90. The summed E-state index contributed by atoms with van der Waals surface area (Å²) in [5.74, 6) is 0.0170. The van der Waals surface area contributed by atoms with Gasteiger partial charge in [0.25, 0.3) is 0 Å². The largest absolute Gasteiger partial charge is 0.481 e. The van der Waals surface area contributed by atoms with Crippen molar-refractivity contribution < 1.29 is 14.7 Å². The molecular formula is C17H30N2O3. The lowest BCUT2D eigenvalue weighted by Gasteiger charge is -2.25. The zero-order valence-corrected chi connectivity index (χ0v) is 13.9. The number of hydrogen-bond donors (Lipinski definition) is 2. The smallest absolute Gasteiger partial charge is 0.317 e. The van der Waals surface area contributed by atoms with Crippen molar-refractivity contribution >= 4 is 12.0 Å². The fourth-order valence-corrected chi connectivity index (χ4v) is 3.64. The van der Waals surface area contributed by atoms with Crippen LogP contribution in [0.4, 0.5) is 4.79 Å². The Morgan fingerprint density at radius 2 is 2.00 bits per heavy atom. The first-order chi connectivity index (χ1) is 10.4. The molecule has 2 amide bonds. The standard InChI is InChI=1S/C17H30N2O3/c1-13(8-9-14-6-4-3-5-7-14)18-16(22)19-11-10-17(2,12-19)15(20)21/h13-14H,3-12H2,1-2H3,(H,18,22)(H,20,21). The van der Waals surface area contributed by atoms with E-state index in [0.717, 1.165) is 12.3 Å². The molecular weight excluding hydrogens is 280 g/mol. The van der Waals surface area contributed by atoms with Gasteiger partial charge in [0.15, 0.2) is 0 Å². The summed E-state index contributed by atoms with van der Waals surface area (Å²) >= 11 is 0. The highest BCUT2D eigenvalue weighted by molar-refractivity contribution is 5.79. The fourth-order valence-electron chi connectivity index (χ4n) is 3.64. The van der Waals surface area contributed by atoms with Crippen molar-refractivity contribution in [3.63, 3.8) is 0 Å². The number of likely N-dealkylation sites (tertiary alicyclic amines) is 1. The van der Waals surface area contributed by atoms with Crippen molar-refractivity contribution in [2.75, 3.05) is 13.1 Å². The van der Waals surface area contributed by atoms with E-state index < -0.39 is 11.4 Å². The molecule has 2 N–H and O–H groups in total. The molecule has 0 spiro atoms. The van der Waals surface area contributed by atoms with Gasteiger partial charge >= 0.3 is 12.0 Å². The second-order valence-corrected chi connectivity index (χ2v) is 7.47. The minimum Gasteiger partial charge on any atom is -0.481 e. The SMILES string of the molecule is CC(CCC1CCCCC1)NC(=O)N1CCC(C)(C(=O)O)C1. The highest BCUT2D eigenvalue weighted by Gasteiger charge is 2.42. The number of rotatable bonds is 5. The Kier molecular flexibility index (Phi) is 5.70. The van der Waals surface area contributed by atoms with E-state index in [9.17, 15) is 14.7 Å². The van der Waals surface area contributed by atoms with Crippen LogP contribution in [0, 0.1) is 11.3 Å². The van der Waals surface area contributed by atoms with Gasteiger partial charge in [-0.1, -0.05) is 32.1 Å². The minimum absolute atomic E-state index is 0.110. The number of nitrogens with zero attached hydrogens (tertiary/aromatic N) is 1. The van der Waals surface area contributed by atoms with Crippen molar-refractivity contribution in [3.05, 3.63) is 0 Å². The minimum atomic E-state index is -0.812. The second kappa shape index (κ2) is 7.34. The van der Waals surface area contributed by atoms with E-state index in [0.29, 0.717) is 19.5 Å². The molecule has 0 aromatic heterocycles. The fraction of sp³-hybridized carbons (Fsp3) is 0.882. The molecule has 2 aliphatic rings. The third-order valence-electron chi connectivity index (χ3n) is 5.38. The number of carbonyl (C=O) groups excluding carboxylic acids is 1. The molecule has 5 nitrogen and oxygen atoms in total. The molecule has 2 atom stereocenters. The molecule has 0 aromatic rings. The number of carboxylic acid groups (broad SMARTS) is 1. The maximum Gasteiger partial charge on any atom is 0.317 e. The molecule has 1 aliphatic carbocycles. The Labute approximate surface area is 133 Å². The van der Waals surface area contributed by atoms with Crippen LogP contribution >= 0.6 is 0 Å². The Morgan fingerprint density at radius 3 is 2.59 bits per heavy atom. The number of hydrogen-bond acceptors (Lipinski definition) is 2. The molecule has 1 heterocycles. The van der Waals surface area contributed by atoms with Crippen LogP contribution in [-0.4, -0.2) is 41.1 Å². The van der Waals surface area contributed by atoms with E-state index in [-0.39, 0.29) is 12.1 Å². The topological polar surface area (TPSA) is 69.6 Å². The summed E-state index contributed by atoms with van der Waals surface area (Å²) in [6, 6.07) is 0.0484. The average molecular weight is 310 g/mol. The molecule has 1 saturated carbocycles. The van der Waals surface area contributed by atoms with Crippen molar-refractivity contribution in [2.24, 2.45) is 11.3 Å². The lowest BCUT2D eigenvalue weighted by molar-refractivity contribution is -0.146. The third-order valence-corrected chi connectivity index (χ3v) is 5.38. The van der Waals surface area contributed by atoms with Gasteiger partial charge in [-0.25, -0.2) is 4.79 Å². The quantitative estimate of drug-likeness (QED) is 0.819. The Morgan fingerprint density at radius 1 is 1.32 bits per heavy atom. The number of carboxylic acids is 1. The van der Waals surface area contributed by atoms with Crippen LogP contribution in [0.25, 0.3) is 0 Å². The van der Waals surface area contributed by atoms with Gasteiger partial charge in [-0.05, 0) is 39.0 Å². The van der Waals surface area contributed by atoms with Gasteiger partial charge in [-0.15, -0.1) is 0 Å². The predicted octanol–water partition coefficient (Wildman–Crippen LogP) is 3.24. The zero-order valence-electron chi connectivity index (χ0n) is 13.9. The zero-order chi connectivity index (χ0) is 16.2. The summed E-state index contributed by atoms with van der Waals surface area (Å²) in [5.41, 5.74) is -0.789. The van der Waals surface area contributed by atoms with Crippen molar-refractivity contribution in [1.82, 2.24) is 10.2 Å². The van der Waals surface area contributed by atoms with Crippen molar-refractivity contribution in [1.29, 1.82) is 0 Å². The number of amides is 2. The molecule has 2 unspecified atom stereocenters. The molecule has 0 aromatic carbocycles. The van der Waals surface area contributed by atoms with Crippen LogP contribution in [0.3, 0.4) is 0 Å². The summed E-state index contributed by atoms with van der Waals surface area (Å²) in [5, 5.41) is 12.3. The van der Waals surface area contributed by atoms with Gasteiger partial charge in [0, 0.05) is 19.1 Å². The molecule has 2 rings (SSSR count). The maximum atomic E-state index is 12.2. The maximum absolute atomic E-state index is 12.2. The highest BCUT2D eigenvalue weighted by Crippen LogP contribution is 2.30. The molecule has 5 heteroatoms.